The molecular formula is C33H27ClFN7O5S. The van der Waals surface area contributed by atoms with E-state index in [0.29, 0.717) is 27.3 Å². The van der Waals surface area contributed by atoms with Crippen LogP contribution in [0.5, 0.6) is 0 Å². The van der Waals surface area contributed by atoms with E-state index in [4.69, 9.17) is 16.6 Å². The summed E-state index contributed by atoms with van der Waals surface area (Å²) in [7, 11) is 0. The number of halogens is 2. The third-order valence-corrected chi connectivity index (χ3v) is 10.3. The first-order valence-corrected chi connectivity index (χ1v) is 16.3. The maximum atomic E-state index is 15.8. The van der Waals surface area contributed by atoms with E-state index in [0.717, 1.165) is 26.6 Å². The topological polar surface area (TPSA) is 156 Å². The molecule has 1 fully saturated rings. The van der Waals surface area contributed by atoms with E-state index in [1.807, 2.05) is 37.5 Å². The van der Waals surface area contributed by atoms with E-state index < -0.39 is 53.0 Å². The number of benzene rings is 2. The zero-order valence-electron chi connectivity index (χ0n) is 25.9. The minimum absolute atomic E-state index is 0.0214. The SMILES string of the molecule is Cc1sc2c(c1C)C(c1ccc(Cl)cc1)=N[C@@H](CC(=O)NCc1ccc3c(c1F)C(=O)N(C1CCC(=O)NC1=O)C3=O)c1nnc(C)n1-2. The van der Waals surface area contributed by atoms with E-state index in [9.17, 15) is 24.0 Å². The summed E-state index contributed by atoms with van der Waals surface area (Å²) in [4.78, 5) is 70.5. The number of hydrogen-bond acceptors (Lipinski definition) is 9. The van der Waals surface area contributed by atoms with Gasteiger partial charge in [0.2, 0.25) is 17.7 Å². The zero-order valence-corrected chi connectivity index (χ0v) is 27.5. The highest BCUT2D eigenvalue weighted by Gasteiger charge is 2.46. The second kappa shape index (κ2) is 11.9. The van der Waals surface area contributed by atoms with Crippen LogP contribution in [0.15, 0.2) is 41.4 Å². The third-order valence-electron chi connectivity index (χ3n) is 8.84. The molecule has 0 radical (unpaired) electrons. The molecule has 0 bridgehead atoms. The molecular weight excluding hydrogens is 661 g/mol. The Labute approximate surface area is 282 Å². The summed E-state index contributed by atoms with van der Waals surface area (Å²) in [5.41, 5.74) is 2.77. The van der Waals surface area contributed by atoms with Crippen molar-refractivity contribution in [1.82, 2.24) is 30.3 Å². The van der Waals surface area contributed by atoms with Crippen molar-refractivity contribution in [2.75, 3.05) is 0 Å². The Morgan fingerprint density at radius 1 is 1.04 bits per heavy atom. The Kier molecular flexibility index (Phi) is 7.79. The van der Waals surface area contributed by atoms with Crippen LogP contribution >= 0.6 is 22.9 Å². The van der Waals surface area contributed by atoms with Crippen molar-refractivity contribution in [2.45, 2.75) is 58.7 Å². The Bertz CT molecular complexity index is 2120. The Morgan fingerprint density at radius 3 is 2.52 bits per heavy atom. The van der Waals surface area contributed by atoms with Crippen molar-refractivity contribution in [1.29, 1.82) is 0 Å². The molecule has 0 aliphatic carbocycles. The van der Waals surface area contributed by atoms with Gasteiger partial charge in [0.1, 0.15) is 28.7 Å². The molecule has 48 heavy (non-hydrogen) atoms. The molecule has 15 heteroatoms. The highest BCUT2D eigenvalue weighted by atomic mass is 35.5. The number of carbonyl (C=O) groups is 5. The van der Waals surface area contributed by atoms with Crippen LogP contribution in [-0.4, -0.2) is 61.0 Å². The van der Waals surface area contributed by atoms with E-state index in [-0.39, 0.29) is 36.9 Å². The van der Waals surface area contributed by atoms with Gasteiger partial charge in [-0.15, -0.1) is 21.5 Å². The maximum Gasteiger partial charge on any atom is 0.265 e. The molecule has 5 amide bonds. The second-order valence-electron chi connectivity index (χ2n) is 11.8. The van der Waals surface area contributed by atoms with Crippen LogP contribution in [0.4, 0.5) is 4.39 Å². The number of amides is 5. The number of aromatic nitrogens is 3. The van der Waals surface area contributed by atoms with Crippen molar-refractivity contribution in [3.63, 3.8) is 0 Å². The fraction of sp³-hybridized carbons (Fsp3) is 0.273. The van der Waals surface area contributed by atoms with Gasteiger partial charge in [-0.2, -0.15) is 0 Å². The first-order valence-electron chi connectivity index (χ1n) is 15.1. The summed E-state index contributed by atoms with van der Waals surface area (Å²) in [5.74, 6) is -3.40. The lowest BCUT2D eigenvalue weighted by Crippen LogP contribution is -2.54. The maximum absolute atomic E-state index is 15.8. The highest BCUT2D eigenvalue weighted by Crippen LogP contribution is 2.40. The molecule has 4 aromatic rings. The van der Waals surface area contributed by atoms with E-state index in [1.54, 1.807) is 23.5 Å². The fourth-order valence-electron chi connectivity index (χ4n) is 6.27. The number of imide groups is 2. The molecule has 2 aromatic carbocycles. The number of aliphatic imine (C=N–C) groups is 1. The van der Waals surface area contributed by atoms with Crippen LogP contribution in [-0.2, 0) is 20.9 Å². The van der Waals surface area contributed by atoms with Gasteiger partial charge in [-0.25, -0.2) is 4.39 Å². The van der Waals surface area contributed by atoms with Crippen LogP contribution in [0.2, 0.25) is 5.02 Å². The average molecular weight is 688 g/mol. The number of fused-ring (bicyclic) bond motifs is 4. The van der Waals surface area contributed by atoms with Gasteiger partial charge in [0.25, 0.3) is 11.8 Å². The highest BCUT2D eigenvalue weighted by molar-refractivity contribution is 7.15. The fourth-order valence-corrected chi connectivity index (χ4v) is 7.61. The van der Waals surface area contributed by atoms with Gasteiger partial charge in [-0.1, -0.05) is 29.8 Å². The largest absolute Gasteiger partial charge is 0.352 e. The number of piperidine rings is 1. The first kappa shape index (κ1) is 31.5. The number of nitrogens with zero attached hydrogens (tertiary/aromatic N) is 5. The van der Waals surface area contributed by atoms with Gasteiger partial charge in [0.15, 0.2) is 5.82 Å². The average Bonchev–Trinajstić information content (AvgIpc) is 3.62. The van der Waals surface area contributed by atoms with Crippen LogP contribution < -0.4 is 10.6 Å². The van der Waals surface area contributed by atoms with Crippen molar-refractivity contribution in [2.24, 2.45) is 4.99 Å². The number of thiophene rings is 1. The number of rotatable bonds is 6. The summed E-state index contributed by atoms with van der Waals surface area (Å²) in [6.45, 7) is 5.61. The number of carbonyl (C=O) groups excluding carboxylic acids is 5. The van der Waals surface area contributed by atoms with Gasteiger partial charge >= 0.3 is 0 Å². The smallest absolute Gasteiger partial charge is 0.265 e. The van der Waals surface area contributed by atoms with E-state index >= 15 is 4.39 Å². The minimum atomic E-state index is -1.22. The lowest BCUT2D eigenvalue weighted by molar-refractivity contribution is -0.136. The molecule has 7 rings (SSSR count). The monoisotopic (exact) mass is 687 g/mol. The van der Waals surface area contributed by atoms with E-state index in [1.165, 1.54) is 12.1 Å². The molecule has 5 heterocycles. The predicted molar refractivity (Wildman–Crippen MR) is 173 cm³/mol. The Balaban J connectivity index is 1.15. The Morgan fingerprint density at radius 2 is 1.79 bits per heavy atom. The summed E-state index contributed by atoms with van der Waals surface area (Å²) in [5, 5.41) is 15.0. The molecule has 3 aliphatic heterocycles. The lowest BCUT2D eigenvalue weighted by atomic mass is 9.99. The van der Waals surface area contributed by atoms with Crippen LogP contribution in [0.25, 0.3) is 5.00 Å². The quantitative estimate of drug-likeness (QED) is 0.290. The van der Waals surface area contributed by atoms with Crippen LogP contribution in [0, 0.1) is 26.6 Å². The summed E-state index contributed by atoms with van der Waals surface area (Å²) in [6.07, 6.45) is -0.251. The molecule has 2 atom stereocenters. The number of hydrogen-bond donors (Lipinski definition) is 2. The van der Waals surface area contributed by atoms with E-state index in [2.05, 4.69) is 20.8 Å². The van der Waals surface area contributed by atoms with Gasteiger partial charge in [-0.3, -0.25) is 43.7 Å². The molecule has 0 spiro atoms. The van der Waals surface area contributed by atoms with Gasteiger partial charge in [0, 0.05) is 39.6 Å². The second-order valence-corrected chi connectivity index (χ2v) is 13.4. The molecule has 0 saturated carbocycles. The lowest BCUT2D eigenvalue weighted by Gasteiger charge is -2.27. The standard InChI is InChI=1S/C33H27ClFN7O5S/c1-14-15(2)48-33-25(14)28(17-4-7-19(34)8-5-17)37-21(29-40-39-16(3)41(29)33)12-24(44)36-13-18-6-9-20-26(27(18)35)32(47)42(31(20)46)22-10-11-23(43)38-30(22)45/h4-9,21-22H,10-13H2,1-3H3,(H,36,44)(H,38,43,45)/t21-,22?/m0/s1. The summed E-state index contributed by atoms with van der Waals surface area (Å²) < 4.78 is 17.7. The van der Waals surface area contributed by atoms with Gasteiger partial charge < -0.3 is 5.32 Å². The molecule has 2 aromatic heterocycles. The normalized spacial score (nSPS) is 18.6. The predicted octanol–water partition coefficient (Wildman–Crippen LogP) is 4.05. The van der Waals surface area contributed by atoms with Crippen molar-refractivity contribution < 1.29 is 28.4 Å². The van der Waals surface area contributed by atoms with Crippen molar-refractivity contribution in [3.05, 3.63) is 97.1 Å². The molecule has 1 saturated heterocycles. The molecule has 2 N–H and O–H groups in total. The van der Waals surface area contributed by atoms with Crippen molar-refractivity contribution >= 4 is 58.2 Å². The van der Waals surface area contributed by atoms with Crippen LogP contribution in [0.3, 0.4) is 0 Å². The zero-order chi connectivity index (χ0) is 34.0. The van der Waals surface area contributed by atoms with Crippen molar-refractivity contribution in [3.8, 4) is 5.00 Å². The van der Waals surface area contributed by atoms with Gasteiger partial charge in [-0.05, 0) is 51.0 Å². The molecule has 244 valence electrons. The number of aryl methyl sites for hydroxylation is 2. The molecule has 3 aliphatic rings. The van der Waals surface area contributed by atoms with Crippen LogP contribution in [0.1, 0.15) is 84.8 Å². The third kappa shape index (κ3) is 5.11. The summed E-state index contributed by atoms with van der Waals surface area (Å²) >= 11 is 7.77. The summed E-state index contributed by atoms with van der Waals surface area (Å²) in [6, 6.07) is 7.95. The Hall–Kier alpha value is -5.08. The molecule has 1 unspecified atom stereocenters. The minimum Gasteiger partial charge on any atom is -0.352 e. The first-order chi connectivity index (χ1) is 22.9. The molecule has 12 nitrogen and oxygen atoms in total. The van der Waals surface area contributed by atoms with Gasteiger partial charge in [0.05, 0.1) is 23.3 Å². The number of nitrogens with one attached hydrogen (secondary N) is 2.